The minimum absolute atomic E-state index is 0.110. The Morgan fingerprint density at radius 2 is 1.77 bits per heavy atom. The summed E-state index contributed by atoms with van der Waals surface area (Å²) in [5, 5.41) is 9.83. The van der Waals surface area contributed by atoms with Crippen LogP contribution < -0.4 is 16.0 Å². The smallest absolute Gasteiger partial charge is 0.251 e. The number of benzene rings is 3. The van der Waals surface area contributed by atoms with Crippen molar-refractivity contribution in [2.45, 2.75) is 18.3 Å². The van der Waals surface area contributed by atoms with Crippen molar-refractivity contribution in [3.8, 4) is 0 Å². The van der Waals surface area contributed by atoms with E-state index in [2.05, 4.69) is 16.0 Å². The average molecular weight is 452 g/mol. The van der Waals surface area contributed by atoms with Crippen LogP contribution in [0.25, 0.3) is 0 Å². The summed E-state index contributed by atoms with van der Waals surface area (Å²) in [7, 11) is 0. The molecule has 0 radical (unpaired) electrons. The zero-order chi connectivity index (χ0) is 21.6. The van der Waals surface area contributed by atoms with Crippen LogP contribution in [0.5, 0.6) is 0 Å². The first kappa shape index (κ1) is 21.3. The summed E-state index contributed by atoms with van der Waals surface area (Å²) >= 11 is 7.84. The Balaban J connectivity index is 1.34. The van der Waals surface area contributed by atoms with Crippen molar-refractivity contribution in [1.29, 1.82) is 0 Å². The quantitative estimate of drug-likeness (QED) is 0.476. The molecule has 2 amide bonds. The average Bonchev–Trinajstić information content (AvgIpc) is 2.79. The van der Waals surface area contributed by atoms with Gasteiger partial charge in [0.2, 0.25) is 5.91 Å². The Morgan fingerprint density at radius 1 is 1.00 bits per heavy atom. The molecule has 0 bridgehead atoms. The molecule has 5 nitrogen and oxygen atoms in total. The van der Waals surface area contributed by atoms with E-state index >= 15 is 0 Å². The van der Waals surface area contributed by atoms with E-state index < -0.39 is 0 Å². The fourth-order valence-corrected chi connectivity index (χ4v) is 4.63. The molecule has 0 fully saturated rings. The zero-order valence-corrected chi connectivity index (χ0v) is 18.3. The highest BCUT2D eigenvalue weighted by Gasteiger charge is 2.26. The molecule has 3 aromatic carbocycles. The van der Waals surface area contributed by atoms with Crippen LogP contribution in [-0.2, 0) is 17.1 Å². The molecular weight excluding hydrogens is 430 g/mol. The number of anilines is 2. The van der Waals surface area contributed by atoms with E-state index in [4.69, 9.17) is 11.6 Å². The van der Waals surface area contributed by atoms with Crippen molar-refractivity contribution in [1.82, 2.24) is 5.32 Å². The number of thioether (sulfide) groups is 1. The Kier molecular flexibility index (Phi) is 6.79. The predicted octanol–water partition coefficient (Wildman–Crippen LogP) is 4.94. The Labute approximate surface area is 190 Å². The highest BCUT2D eigenvalue weighted by molar-refractivity contribution is 7.98. The summed E-state index contributed by atoms with van der Waals surface area (Å²) in [6.45, 7) is 0.450. The largest absolute Gasteiger partial charge is 0.371 e. The number of amides is 2. The fraction of sp³-hybridized carbons (Fsp3) is 0.167. The minimum atomic E-state index is -0.349. The number of fused-ring (bicyclic) bond motifs is 1. The number of nitrogens with one attached hydrogen (secondary N) is 3. The molecule has 0 unspecified atom stereocenters. The van der Waals surface area contributed by atoms with Gasteiger partial charge in [-0.2, -0.15) is 11.8 Å². The lowest BCUT2D eigenvalue weighted by atomic mass is 10.1. The SMILES string of the molecule is O=C(NCc1ccccc1)c1ccc2c(c1)NC(=O)[C@@H](CSCc1ccccc1Cl)N2. The molecule has 0 aromatic heterocycles. The standard InChI is InChI=1S/C24H22ClN3O2S/c25-19-9-5-4-8-18(19)14-31-15-22-24(30)28-21-12-17(10-11-20(21)27-22)23(29)26-13-16-6-2-1-3-7-16/h1-12,22,27H,13-15H2,(H,26,29)(H,28,30)/t22-/m1/s1. The first-order valence-corrected chi connectivity index (χ1v) is 11.5. The summed E-state index contributed by atoms with van der Waals surface area (Å²) in [5.41, 5.74) is 4.01. The van der Waals surface area contributed by atoms with Crippen molar-refractivity contribution in [3.63, 3.8) is 0 Å². The predicted molar refractivity (Wildman–Crippen MR) is 128 cm³/mol. The molecule has 4 rings (SSSR count). The third-order valence-electron chi connectivity index (χ3n) is 4.98. The van der Waals surface area contributed by atoms with Gasteiger partial charge in [0.1, 0.15) is 6.04 Å². The van der Waals surface area contributed by atoms with E-state index in [-0.39, 0.29) is 17.9 Å². The molecule has 7 heteroatoms. The van der Waals surface area contributed by atoms with Gasteiger partial charge < -0.3 is 16.0 Å². The maximum absolute atomic E-state index is 12.5. The van der Waals surface area contributed by atoms with Crippen LogP contribution in [0.1, 0.15) is 21.5 Å². The minimum Gasteiger partial charge on any atom is -0.371 e. The first-order valence-electron chi connectivity index (χ1n) is 9.95. The summed E-state index contributed by atoms with van der Waals surface area (Å²) in [6.07, 6.45) is 0. The number of hydrogen-bond donors (Lipinski definition) is 3. The molecule has 0 spiro atoms. The van der Waals surface area contributed by atoms with Gasteiger partial charge in [0.25, 0.3) is 5.91 Å². The molecule has 3 aromatic rings. The zero-order valence-electron chi connectivity index (χ0n) is 16.7. The van der Waals surface area contributed by atoms with Gasteiger partial charge in [0, 0.05) is 28.6 Å². The van der Waals surface area contributed by atoms with E-state index in [0.717, 1.165) is 27.6 Å². The molecule has 158 valence electrons. The second kappa shape index (κ2) is 9.90. The van der Waals surface area contributed by atoms with Crippen molar-refractivity contribution in [2.24, 2.45) is 0 Å². The third-order valence-corrected chi connectivity index (χ3v) is 6.43. The molecular formula is C24H22ClN3O2S. The summed E-state index contributed by atoms with van der Waals surface area (Å²) < 4.78 is 0. The number of carbonyl (C=O) groups excluding carboxylic acids is 2. The van der Waals surface area contributed by atoms with Crippen LogP contribution >= 0.6 is 23.4 Å². The van der Waals surface area contributed by atoms with E-state index in [1.54, 1.807) is 23.9 Å². The second-order valence-corrected chi connectivity index (χ2v) is 8.66. The van der Waals surface area contributed by atoms with Gasteiger partial charge in [-0.3, -0.25) is 9.59 Å². The van der Waals surface area contributed by atoms with Crippen molar-refractivity contribution >= 4 is 46.6 Å². The molecule has 0 aliphatic carbocycles. The molecule has 1 aliphatic rings. The highest BCUT2D eigenvalue weighted by Crippen LogP contribution is 2.29. The summed E-state index contributed by atoms with van der Waals surface area (Å²) in [6, 6.07) is 22.4. The summed E-state index contributed by atoms with van der Waals surface area (Å²) in [5.74, 6) is 1.05. The molecule has 0 saturated heterocycles. The van der Waals surface area contributed by atoms with Gasteiger partial charge in [-0.25, -0.2) is 0 Å². The van der Waals surface area contributed by atoms with Gasteiger partial charge in [0.05, 0.1) is 11.4 Å². The van der Waals surface area contributed by atoms with Crippen LogP contribution in [-0.4, -0.2) is 23.6 Å². The molecule has 1 atom stereocenters. The number of halogens is 1. The van der Waals surface area contributed by atoms with E-state index in [1.807, 2.05) is 60.7 Å². The Hall–Kier alpha value is -2.96. The van der Waals surface area contributed by atoms with Crippen molar-refractivity contribution in [2.75, 3.05) is 16.4 Å². The topological polar surface area (TPSA) is 70.2 Å². The molecule has 1 aliphatic heterocycles. The van der Waals surface area contributed by atoms with Gasteiger partial charge in [-0.05, 0) is 35.4 Å². The molecule has 1 heterocycles. The number of hydrogen-bond acceptors (Lipinski definition) is 4. The normalized spacial score (nSPS) is 14.9. The Morgan fingerprint density at radius 3 is 2.58 bits per heavy atom. The molecule has 0 saturated carbocycles. The molecule has 3 N–H and O–H groups in total. The summed E-state index contributed by atoms with van der Waals surface area (Å²) in [4.78, 5) is 25.0. The monoisotopic (exact) mass is 451 g/mol. The van der Waals surface area contributed by atoms with Crippen LogP contribution in [0.4, 0.5) is 11.4 Å². The first-order chi connectivity index (χ1) is 15.1. The maximum atomic E-state index is 12.5. The van der Waals surface area contributed by atoms with Crippen molar-refractivity contribution in [3.05, 3.63) is 94.5 Å². The number of rotatable bonds is 7. The highest BCUT2D eigenvalue weighted by atomic mass is 35.5. The lowest BCUT2D eigenvalue weighted by molar-refractivity contribution is -0.116. The van der Waals surface area contributed by atoms with Crippen LogP contribution in [0.3, 0.4) is 0 Å². The third kappa shape index (κ3) is 5.40. The van der Waals surface area contributed by atoms with E-state index in [1.165, 1.54) is 0 Å². The van der Waals surface area contributed by atoms with E-state index in [9.17, 15) is 9.59 Å². The lowest BCUT2D eigenvalue weighted by Crippen LogP contribution is -2.40. The van der Waals surface area contributed by atoms with Crippen molar-refractivity contribution < 1.29 is 9.59 Å². The molecule has 31 heavy (non-hydrogen) atoms. The second-order valence-electron chi connectivity index (χ2n) is 7.22. The fourth-order valence-electron chi connectivity index (χ4n) is 3.29. The Bertz CT molecular complexity index is 1090. The van der Waals surface area contributed by atoms with Crippen LogP contribution in [0, 0.1) is 0 Å². The van der Waals surface area contributed by atoms with Gasteiger partial charge >= 0.3 is 0 Å². The van der Waals surface area contributed by atoms with Gasteiger partial charge in [-0.15, -0.1) is 0 Å². The van der Waals surface area contributed by atoms with Crippen LogP contribution in [0.2, 0.25) is 5.02 Å². The van der Waals surface area contributed by atoms with Crippen LogP contribution in [0.15, 0.2) is 72.8 Å². The van der Waals surface area contributed by atoms with Gasteiger partial charge in [-0.1, -0.05) is 60.1 Å². The lowest BCUT2D eigenvalue weighted by Gasteiger charge is -2.27. The number of carbonyl (C=O) groups is 2. The maximum Gasteiger partial charge on any atom is 0.251 e. The van der Waals surface area contributed by atoms with E-state index in [0.29, 0.717) is 23.5 Å². The van der Waals surface area contributed by atoms with Gasteiger partial charge in [0.15, 0.2) is 0 Å².